The lowest BCUT2D eigenvalue weighted by molar-refractivity contribution is -0.139. The fraction of sp³-hybridized carbons (Fsp3) is 0.435. The topological polar surface area (TPSA) is 82.2 Å². The van der Waals surface area contributed by atoms with Crippen molar-refractivity contribution in [1.82, 2.24) is 20.0 Å². The van der Waals surface area contributed by atoms with Crippen LogP contribution in [0.4, 0.5) is 4.79 Å². The van der Waals surface area contributed by atoms with Crippen LogP contribution in [-0.2, 0) is 14.3 Å². The first-order valence-corrected chi connectivity index (χ1v) is 11.5. The molecule has 2 aliphatic rings. The van der Waals surface area contributed by atoms with Crippen molar-refractivity contribution in [2.45, 2.75) is 19.9 Å². The molecule has 0 aliphatic carbocycles. The quantitative estimate of drug-likeness (QED) is 0.464. The molecule has 1 aromatic rings. The van der Waals surface area contributed by atoms with Crippen LogP contribution < -0.4 is 5.32 Å². The Balaban J connectivity index is 2.05. The summed E-state index contributed by atoms with van der Waals surface area (Å²) in [5.74, 6) is -0.480. The molecule has 1 saturated heterocycles. The summed E-state index contributed by atoms with van der Waals surface area (Å²) in [5, 5.41) is 3.60. The number of ether oxygens (including phenoxy) is 1. The van der Waals surface area contributed by atoms with Crippen molar-refractivity contribution >= 4 is 41.1 Å². The highest BCUT2D eigenvalue weighted by Crippen LogP contribution is 2.34. The summed E-state index contributed by atoms with van der Waals surface area (Å²) >= 11 is 12.3. The minimum atomic E-state index is -0.749. The van der Waals surface area contributed by atoms with Crippen molar-refractivity contribution in [3.63, 3.8) is 0 Å². The van der Waals surface area contributed by atoms with Crippen LogP contribution in [0.3, 0.4) is 0 Å². The molecule has 178 valence electrons. The Labute approximate surface area is 203 Å². The summed E-state index contributed by atoms with van der Waals surface area (Å²) in [6, 6.07) is 3.90. The minimum absolute atomic E-state index is 0.0334. The number of benzene rings is 1. The highest BCUT2D eigenvalue weighted by molar-refractivity contribution is 6.42. The predicted octanol–water partition coefficient (Wildman–Crippen LogP) is 3.23. The molecule has 33 heavy (non-hydrogen) atoms. The van der Waals surface area contributed by atoms with Gasteiger partial charge in [-0.05, 0) is 24.6 Å². The summed E-state index contributed by atoms with van der Waals surface area (Å²) in [6.07, 6.45) is 1.61. The molecule has 3 amide bonds. The van der Waals surface area contributed by atoms with E-state index < -0.39 is 12.0 Å². The fourth-order valence-corrected chi connectivity index (χ4v) is 4.33. The van der Waals surface area contributed by atoms with Gasteiger partial charge in [0.05, 0.1) is 28.3 Å². The fourth-order valence-electron chi connectivity index (χ4n) is 4.02. The molecule has 2 aliphatic heterocycles. The second-order valence-electron chi connectivity index (χ2n) is 7.82. The van der Waals surface area contributed by atoms with E-state index in [1.165, 1.54) is 4.90 Å². The van der Waals surface area contributed by atoms with Gasteiger partial charge in [0.2, 0.25) is 5.91 Å². The number of urea groups is 1. The third-order valence-corrected chi connectivity index (χ3v) is 6.45. The van der Waals surface area contributed by atoms with Crippen molar-refractivity contribution in [3.8, 4) is 0 Å². The monoisotopic (exact) mass is 494 g/mol. The van der Waals surface area contributed by atoms with Crippen LogP contribution in [0.5, 0.6) is 0 Å². The lowest BCUT2D eigenvalue weighted by Gasteiger charge is -2.40. The molecule has 0 spiro atoms. The maximum absolute atomic E-state index is 13.2. The second-order valence-corrected chi connectivity index (χ2v) is 8.63. The first-order chi connectivity index (χ1) is 15.8. The van der Waals surface area contributed by atoms with Gasteiger partial charge in [-0.2, -0.15) is 0 Å². The number of carbonyl (C=O) groups is 3. The number of nitrogens with zero attached hydrogens (tertiary/aromatic N) is 3. The summed E-state index contributed by atoms with van der Waals surface area (Å²) in [4.78, 5) is 43.4. The zero-order valence-electron chi connectivity index (χ0n) is 18.8. The Hall–Kier alpha value is -2.55. The molecule has 2 heterocycles. The van der Waals surface area contributed by atoms with Gasteiger partial charge in [-0.25, -0.2) is 9.59 Å². The van der Waals surface area contributed by atoms with Crippen LogP contribution >= 0.6 is 23.2 Å². The van der Waals surface area contributed by atoms with Crippen molar-refractivity contribution in [3.05, 3.63) is 57.7 Å². The van der Waals surface area contributed by atoms with Crippen LogP contribution in [-0.4, -0.2) is 78.5 Å². The van der Waals surface area contributed by atoms with Crippen LogP contribution in [0.25, 0.3) is 0 Å². The number of hydrogen-bond acceptors (Lipinski definition) is 5. The number of piperazine rings is 1. The zero-order valence-corrected chi connectivity index (χ0v) is 20.3. The second kappa shape index (κ2) is 11.0. The lowest BCUT2D eigenvalue weighted by atomic mass is 9.94. The van der Waals surface area contributed by atoms with E-state index in [1.54, 1.807) is 43.0 Å². The van der Waals surface area contributed by atoms with Gasteiger partial charge in [0, 0.05) is 51.9 Å². The van der Waals surface area contributed by atoms with Crippen LogP contribution in [0.15, 0.2) is 42.1 Å². The Kier molecular flexibility index (Phi) is 8.40. The van der Waals surface area contributed by atoms with Crippen molar-refractivity contribution in [2.24, 2.45) is 0 Å². The van der Waals surface area contributed by atoms with E-state index in [-0.39, 0.29) is 25.1 Å². The molecule has 1 fully saturated rings. The van der Waals surface area contributed by atoms with Crippen molar-refractivity contribution in [2.75, 3.05) is 45.9 Å². The van der Waals surface area contributed by atoms with Gasteiger partial charge in [-0.3, -0.25) is 14.6 Å². The molecular weight excluding hydrogens is 467 g/mol. The molecule has 1 N–H and O–H groups in total. The molecule has 0 aromatic heterocycles. The first-order valence-electron chi connectivity index (χ1n) is 10.8. The third kappa shape index (κ3) is 5.69. The van der Waals surface area contributed by atoms with E-state index in [2.05, 4.69) is 16.8 Å². The summed E-state index contributed by atoms with van der Waals surface area (Å²) in [7, 11) is 0. The highest BCUT2D eigenvalue weighted by Gasteiger charge is 2.39. The third-order valence-electron chi connectivity index (χ3n) is 5.71. The molecule has 8 nitrogen and oxygen atoms in total. The lowest BCUT2D eigenvalue weighted by Crippen LogP contribution is -2.53. The van der Waals surface area contributed by atoms with Crippen molar-refractivity contribution in [1.29, 1.82) is 0 Å². The Bertz CT molecular complexity index is 973. The van der Waals surface area contributed by atoms with Gasteiger partial charge in [-0.1, -0.05) is 35.3 Å². The molecule has 0 unspecified atom stereocenters. The molecule has 3 rings (SSSR count). The van der Waals surface area contributed by atoms with Crippen molar-refractivity contribution < 1.29 is 19.1 Å². The highest BCUT2D eigenvalue weighted by atomic mass is 35.5. The van der Waals surface area contributed by atoms with Gasteiger partial charge in [0.25, 0.3) is 0 Å². The van der Waals surface area contributed by atoms with Crippen LogP contribution in [0, 0.1) is 0 Å². The normalized spacial score (nSPS) is 19.4. The maximum atomic E-state index is 13.2. The average molecular weight is 495 g/mol. The SMILES string of the molecule is C=CCN1C(=O)N[C@H](c2ccc(Cl)c(Cl)c2)C(C(=O)OCC)=C1CN1CCN(C(C)=O)CC1. The van der Waals surface area contributed by atoms with E-state index in [0.717, 1.165) is 0 Å². The molecule has 1 atom stereocenters. The van der Waals surface area contributed by atoms with Gasteiger partial charge < -0.3 is 15.0 Å². The molecule has 0 radical (unpaired) electrons. The Morgan fingerprint density at radius 1 is 1.21 bits per heavy atom. The summed E-state index contributed by atoms with van der Waals surface area (Å²) in [5.41, 5.74) is 1.51. The van der Waals surface area contributed by atoms with Gasteiger partial charge >= 0.3 is 12.0 Å². The summed E-state index contributed by atoms with van der Waals surface area (Å²) < 4.78 is 5.39. The Morgan fingerprint density at radius 2 is 1.91 bits per heavy atom. The van der Waals surface area contributed by atoms with E-state index in [1.807, 2.05) is 0 Å². The van der Waals surface area contributed by atoms with E-state index in [9.17, 15) is 14.4 Å². The number of esters is 1. The van der Waals surface area contributed by atoms with E-state index in [0.29, 0.717) is 59.6 Å². The molecule has 10 heteroatoms. The number of rotatable bonds is 7. The number of nitrogens with one attached hydrogen (secondary N) is 1. The average Bonchev–Trinajstić information content (AvgIpc) is 2.78. The molecule has 0 saturated carbocycles. The molecule has 0 bridgehead atoms. The first kappa shape index (κ1) is 25.1. The zero-order chi connectivity index (χ0) is 24.1. The number of hydrogen-bond donors (Lipinski definition) is 1. The van der Waals surface area contributed by atoms with Gasteiger partial charge in [-0.15, -0.1) is 6.58 Å². The number of carbonyl (C=O) groups excluding carboxylic acids is 3. The number of halogens is 2. The minimum Gasteiger partial charge on any atom is -0.463 e. The standard InChI is InChI=1S/C23H28Cl2N4O4/c1-4-8-29-19(14-27-9-11-28(12-10-27)15(3)30)20(22(31)33-5-2)21(26-23(29)32)16-6-7-17(24)18(25)13-16/h4,6-7,13,21H,1,5,8-12,14H2,2-3H3,(H,26,32)/t21-/m1/s1. The van der Waals surface area contributed by atoms with Gasteiger partial charge in [0.1, 0.15) is 0 Å². The molecule has 1 aromatic carbocycles. The Morgan fingerprint density at radius 3 is 2.48 bits per heavy atom. The maximum Gasteiger partial charge on any atom is 0.338 e. The van der Waals surface area contributed by atoms with Crippen LogP contribution in [0.1, 0.15) is 25.5 Å². The van der Waals surface area contributed by atoms with Gasteiger partial charge in [0.15, 0.2) is 0 Å². The molecular formula is C23H28Cl2N4O4. The predicted molar refractivity (Wildman–Crippen MR) is 127 cm³/mol. The summed E-state index contributed by atoms with van der Waals surface area (Å²) in [6.45, 7) is 10.2. The van der Waals surface area contributed by atoms with Crippen LogP contribution in [0.2, 0.25) is 10.0 Å². The number of amides is 3. The van der Waals surface area contributed by atoms with E-state index >= 15 is 0 Å². The smallest absolute Gasteiger partial charge is 0.338 e. The largest absolute Gasteiger partial charge is 0.463 e. The van der Waals surface area contributed by atoms with E-state index in [4.69, 9.17) is 27.9 Å².